The molecule has 470 valence electrons. The van der Waals surface area contributed by atoms with Crippen LogP contribution in [0.4, 0.5) is 0 Å². The lowest BCUT2D eigenvalue weighted by molar-refractivity contribution is -0.167. The number of ether oxygens (including phenoxy) is 3. The van der Waals surface area contributed by atoms with E-state index in [9.17, 15) is 14.4 Å². The van der Waals surface area contributed by atoms with Crippen LogP contribution in [0.15, 0.2) is 109 Å². The molecule has 1 atom stereocenters. The normalized spacial score (nSPS) is 12.8. The predicted octanol–water partition coefficient (Wildman–Crippen LogP) is 24.2. The van der Waals surface area contributed by atoms with Crippen molar-refractivity contribution in [2.24, 2.45) is 0 Å². The van der Waals surface area contributed by atoms with Crippen molar-refractivity contribution >= 4 is 17.9 Å². The average Bonchev–Trinajstić information content (AvgIpc) is 3.47. The summed E-state index contributed by atoms with van der Waals surface area (Å²) in [5, 5.41) is 0. The second-order valence-electron chi connectivity index (χ2n) is 23.1. The highest BCUT2D eigenvalue weighted by atomic mass is 16.6. The second-order valence-corrected chi connectivity index (χ2v) is 23.1. The van der Waals surface area contributed by atoms with Gasteiger partial charge in [0, 0.05) is 19.3 Å². The van der Waals surface area contributed by atoms with Crippen LogP contribution in [0.1, 0.15) is 335 Å². The van der Waals surface area contributed by atoms with Crippen LogP contribution in [0.3, 0.4) is 0 Å². The Labute approximate surface area is 508 Å². The predicted molar refractivity (Wildman–Crippen MR) is 357 cm³/mol. The highest BCUT2D eigenvalue weighted by Crippen LogP contribution is 2.18. The molecule has 0 radical (unpaired) electrons. The van der Waals surface area contributed by atoms with Gasteiger partial charge in [0.1, 0.15) is 13.2 Å². The van der Waals surface area contributed by atoms with Crippen LogP contribution in [-0.4, -0.2) is 37.2 Å². The molecule has 0 saturated carbocycles. The van der Waals surface area contributed by atoms with Gasteiger partial charge in [-0.25, -0.2) is 0 Å². The minimum atomic E-state index is -0.817. The quantitative estimate of drug-likeness (QED) is 0.0261. The van der Waals surface area contributed by atoms with Gasteiger partial charge < -0.3 is 14.2 Å². The summed E-state index contributed by atoms with van der Waals surface area (Å²) in [4.78, 5) is 38.4. The molecule has 0 rings (SSSR count). The number of rotatable bonds is 63. The molecule has 0 amide bonds. The number of hydrogen-bond donors (Lipinski definition) is 0. The van der Waals surface area contributed by atoms with Gasteiger partial charge in [0.15, 0.2) is 6.10 Å². The van der Waals surface area contributed by atoms with Crippen molar-refractivity contribution < 1.29 is 28.6 Å². The Balaban J connectivity index is 4.33. The first-order chi connectivity index (χ1) is 40.5. The van der Waals surface area contributed by atoms with Gasteiger partial charge in [-0.3, -0.25) is 14.4 Å². The molecule has 0 aromatic heterocycles. The molecule has 0 heterocycles. The molecule has 0 spiro atoms. The molecule has 0 aromatic carbocycles. The zero-order chi connectivity index (χ0) is 59.2. The number of esters is 3. The average molecular weight is 1140 g/mol. The van der Waals surface area contributed by atoms with E-state index >= 15 is 0 Å². The van der Waals surface area contributed by atoms with Crippen LogP contribution in [0.2, 0.25) is 0 Å². The molecule has 0 bridgehead atoms. The Hall–Kier alpha value is -3.93. The van der Waals surface area contributed by atoms with E-state index in [4.69, 9.17) is 14.2 Å². The molecular weight excluding hydrogens is 1010 g/mol. The monoisotopic (exact) mass is 1140 g/mol. The minimum Gasteiger partial charge on any atom is -0.462 e. The van der Waals surface area contributed by atoms with Gasteiger partial charge in [-0.1, -0.05) is 329 Å². The fourth-order valence-electron chi connectivity index (χ4n) is 9.83. The largest absolute Gasteiger partial charge is 0.462 e. The maximum atomic E-state index is 12.9. The van der Waals surface area contributed by atoms with Crippen molar-refractivity contribution in [1.29, 1.82) is 0 Å². The molecule has 0 saturated heterocycles. The molecule has 0 aromatic rings. The maximum Gasteiger partial charge on any atom is 0.306 e. The third-order valence-corrected chi connectivity index (χ3v) is 15.0. The SMILES string of the molecule is CC/C=C\C/C=C\C/C=C\C/C=C\C/C=C\C/C=C\C/C=C\CCCC(=O)OC(COC(=O)CCCCCCC/C=C\C/C=C\CCC)COC(=O)CCCCCCCCCCCCCCCCCCCCCCCCCCCCCC. The van der Waals surface area contributed by atoms with E-state index in [0.717, 1.165) is 122 Å². The number of hydrogen-bond acceptors (Lipinski definition) is 6. The lowest BCUT2D eigenvalue weighted by Gasteiger charge is -2.18. The molecule has 82 heavy (non-hydrogen) atoms. The zero-order valence-electron chi connectivity index (χ0n) is 54.0. The van der Waals surface area contributed by atoms with Crippen molar-refractivity contribution in [3.05, 3.63) is 109 Å². The van der Waals surface area contributed by atoms with E-state index in [1.165, 1.54) is 167 Å². The van der Waals surface area contributed by atoms with Crippen LogP contribution >= 0.6 is 0 Å². The zero-order valence-corrected chi connectivity index (χ0v) is 54.0. The van der Waals surface area contributed by atoms with Crippen LogP contribution in [-0.2, 0) is 28.6 Å². The Kier molecular flexibility index (Phi) is 66.2. The van der Waals surface area contributed by atoms with Crippen molar-refractivity contribution in [2.45, 2.75) is 341 Å². The minimum absolute atomic E-state index is 0.104. The lowest BCUT2D eigenvalue weighted by Crippen LogP contribution is -2.30. The summed E-state index contributed by atoms with van der Waals surface area (Å²) < 4.78 is 16.9. The highest BCUT2D eigenvalue weighted by Gasteiger charge is 2.19. The molecule has 0 aliphatic rings. The number of carbonyl (C=O) groups is 3. The summed E-state index contributed by atoms with van der Waals surface area (Å²) in [6.45, 7) is 6.44. The van der Waals surface area contributed by atoms with Gasteiger partial charge in [-0.15, -0.1) is 0 Å². The van der Waals surface area contributed by atoms with Gasteiger partial charge in [0.25, 0.3) is 0 Å². The van der Waals surface area contributed by atoms with Crippen LogP contribution in [0, 0.1) is 0 Å². The lowest BCUT2D eigenvalue weighted by atomic mass is 10.0. The molecule has 0 aliphatic carbocycles. The van der Waals surface area contributed by atoms with E-state index in [1.807, 2.05) is 0 Å². The van der Waals surface area contributed by atoms with Crippen molar-refractivity contribution in [3.63, 3.8) is 0 Å². The first kappa shape index (κ1) is 78.1. The van der Waals surface area contributed by atoms with Gasteiger partial charge in [0.2, 0.25) is 0 Å². The van der Waals surface area contributed by atoms with E-state index in [2.05, 4.69) is 130 Å². The summed E-state index contributed by atoms with van der Waals surface area (Å²) in [6.07, 6.45) is 95.6. The number of allylic oxidation sites excluding steroid dienone is 18. The molecule has 6 heteroatoms. The molecule has 6 nitrogen and oxygen atoms in total. The Morgan fingerprint density at radius 3 is 0.829 bits per heavy atom. The Bertz CT molecular complexity index is 1640. The Morgan fingerprint density at radius 2 is 0.512 bits per heavy atom. The molecule has 0 fully saturated rings. The topological polar surface area (TPSA) is 78.9 Å². The Morgan fingerprint density at radius 1 is 0.256 bits per heavy atom. The fourth-order valence-corrected chi connectivity index (χ4v) is 9.83. The van der Waals surface area contributed by atoms with E-state index in [0.29, 0.717) is 19.3 Å². The third kappa shape index (κ3) is 66.9. The third-order valence-electron chi connectivity index (χ3n) is 15.0. The van der Waals surface area contributed by atoms with Crippen molar-refractivity contribution in [3.8, 4) is 0 Å². The number of unbranched alkanes of at least 4 members (excludes halogenated alkanes) is 34. The van der Waals surface area contributed by atoms with E-state index < -0.39 is 6.10 Å². The van der Waals surface area contributed by atoms with Crippen LogP contribution in [0.25, 0.3) is 0 Å². The van der Waals surface area contributed by atoms with Crippen molar-refractivity contribution in [2.75, 3.05) is 13.2 Å². The highest BCUT2D eigenvalue weighted by molar-refractivity contribution is 5.71. The first-order valence-electron chi connectivity index (χ1n) is 34.9. The first-order valence-corrected chi connectivity index (χ1v) is 34.9. The summed E-state index contributed by atoms with van der Waals surface area (Å²) in [6, 6.07) is 0. The molecule has 1 unspecified atom stereocenters. The maximum absolute atomic E-state index is 12.9. The summed E-state index contributed by atoms with van der Waals surface area (Å²) in [5.41, 5.74) is 0. The van der Waals surface area contributed by atoms with Crippen molar-refractivity contribution in [1.82, 2.24) is 0 Å². The fraction of sp³-hybridized carbons (Fsp3) is 0.724. The summed E-state index contributed by atoms with van der Waals surface area (Å²) in [7, 11) is 0. The number of carbonyl (C=O) groups excluding carboxylic acids is 3. The smallest absolute Gasteiger partial charge is 0.306 e. The van der Waals surface area contributed by atoms with Gasteiger partial charge in [-0.2, -0.15) is 0 Å². The van der Waals surface area contributed by atoms with Crippen LogP contribution in [0.5, 0.6) is 0 Å². The molecule has 0 aliphatic heterocycles. The summed E-state index contributed by atoms with van der Waals surface area (Å²) in [5.74, 6) is -0.969. The van der Waals surface area contributed by atoms with E-state index in [-0.39, 0.29) is 37.5 Å². The van der Waals surface area contributed by atoms with Gasteiger partial charge in [0.05, 0.1) is 0 Å². The van der Waals surface area contributed by atoms with Gasteiger partial charge >= 0.3 is 17.9 Å². The second kappa shape index (κ2) is 69.6. The standard InChI is InChI=1S/C76H130O6/c1-4-7-10-13-16-19-22-25-27-29-31-33-35-36-37-38-39-41-42-44-46-48-51-54-57-60-63-66-69-75(78)81-72-73(71-80-74(77)68-65-62-59-56-53-50-24-21-18-15-12-9-6-3)82-76(79)70-67-64-61-58-55-52-49-47-45-43-40-34-32-30-28-26-23-20-17-14-11-8-5-2/h8,11-12,15,17,20-21,24,26,28,32,34,43,45,49,52,58,61,73H,4-7,9-10,13-14,16,18-19,22-23,25,27,29-31,33,35-42,44,46-48,50-51,53-57,59-60,62-72H2,1-3H3/b11-8-,15-12-,20-17-,24-21-,28-26-,34-32-,45-43-,52-49-,61-58-. The van der Waals surface area contributed by atoms with E-state index in [1.54, 1.807) is 0 Å². The van der Waals surface area contributed by atoms with Gasteiger partial charge in [-0.05, 0) is 96.3 Å². The molecule has 0 N–H and O–H groups in total. The molecular formula is C76H130O6. The summed E-state index contributed by atoms with van der Waals surface area (Å²) >= 11 is 0. The van der Waals surface area contributed by atoms with Crippen LogP contribution < -0.4 is 0 Å².